The number of benzene rings is 4. The molecular formula is C28H21ClNOP. The molecule has 5 aromatic rings. The Labute approximate surface area is 192 Å². The van der Waals surface area contributed by atoms with Gasteiger partial charge in [-0.25, -0.2) is 0 Å². The molecule has 5 rings (SSSR count). The van der Waals surface area contributed by atoms with Gasteiger partial charge in [-0.15, -0.1) is 0 Å². The predicted molar refractivity (Wildman–Crippen MR) is 136 cm³/mol. The Kier molecular flexibility index (Phi) is 5.10. The van der Waals surface area contributed by atoms with Crippen molar-refractivity contribution in [3.05, 3.63) is 127 Å². The predicted octanol–water partition coefficient (Wildman–Crippen LogP) is 6.49. The van der Waals surface area contributed by atoms with E-state index in [1.54, 1.807) is 12.3 Å². The van der Waals surface area contributed by atoms with Crippen molar-refractivity contribution in [2.24, 2.45) is 0 Å². The van der Waals surface area contributed by atoms with Crippen molar-refractivity contribution >= 4 is 44.1 Å². The van der Waals surface area contributed by atoms with Crippen molar-refractivity contribution in [1.82, 2.24) is 0 Å². The van der Waals surface area contributed by atoms with Gasteiger partial charge in [0.25, 0.3) is 0 Å². The Morgan fingerprint density at radius 3 is 1.69 bits per heavy atom. The molecule has 0 amide bonds. The molecule has 0 atom stereocenters. The van der Waals surface area contributed by atoms with Gasteiger partial charge in [-0.1, -0.05) is 0 Å². The number of furan rings is 1. The molecule has 0 radical (unpaired) electrons. The van der Waals surface area contributed by atoms with Gasteiger partial charge in [-0.05, 0) is 0 Å². The van der Waals surface area contributed by atoms with Crippen molar-refractivity contribution in [3.8, 4) is 6.07 Å². The van der Waals surface area contributed by atoms with Crippen LogP contribution in [0.4, 0.5) is 0 Å². The van der Waals surface area contributed by atoms with Crippen LogP contribution >= 0.6 is 17.2 Å². The first-order valence-electron chi connectivity index (χ1n) is 10.4. The molecule has 4 heteroatoms. The van der Waals surface area contributed by atoms with E-state index in [0.717, 1.165) is 32.4 Å². The third kappa shape index (κ3) is 3.14. The monoisotopic (exact) mass is 453 g/mol. The average molecular weight is 454 g/mol. The Balaban J connectivity index is 1.87. The van der Waals surface area contributed by atoms with E-state index in [0.29, 0.717) is 11.7 Å². The molecule has 1 heterocycles. The summed E-state index contributed by atoms with van der Waals surface area (Å²) in [4.78, 5) is 0. The molecule has 0 bridgehead atoms. The van der Waals surface area contributed by atoms with Crippen LogP contribution in [0.5, 0.6) is 0 Å². The summed E-state index contributed by atoms with van der Waals surface area (Å²) in [6.07, 6.45) is 2.37. The van der Waals surface area contributed by atoms with Crippen molar-refractivity contribution in [2.45, 2.75) is 6.16 Å². The SMILES string of the molecule is N#Cc1ccc2occ(CP(Cl)(c3ccccc3)(c3ccccc3)c3ccccc3)c2c1. The van der Waals surface area contributed by atoms with Crippen LogP contribution in [0, 0.1) is 11.3 Å². The Morgan fingerprint density at radius 2 is 1.22 bits per heavy atom. The van der Waals surface area contributed by atoms with Crippen LogP contribution in [0.1, 0.15) is 11.1 Å². The second-order valence-electron chi connectivity index (χ2n) is 7.93. The van der Waals surface area contributed by atoms with Gasteiger partial charge in [0.1, 0.15) is 0 Å². The van der Waals surface area contributed by atoms with Gasteiger partial charge >= 0.3 is 193 Å². The van der Waals surface area contributed by atoms with E-state index in [2.05, 4.69) is 42.5 Å². The second-order valence-corrected chi connectivity index (χ2v) is 14.4. The summed E-state index contributed by atoms with van der Waals surface area (Å²) in [6, 6.07) is 38.9. The van der Waals surface area contributed by atoms with Crippen LogP contribution in [0.2, 0.25) is 0 Å². The maximum absolute atomic E-state index is 9.44. The molecule has 0 fully saturated rings. The summed E-state index contributed by atoms with van der Waals surface area (Å²) in [5.41, 5.74) is 2.37. The molecule has 0 aliphatic rings. The maximum atomic E-state index is 9.44. The molecule has 0 unspecified atom stereocenters. The van der Waals surface area contributed by atoms with Crippen LogP contribution in [-0.4, -0.2) is 0 Å². The van der Waals surface area contributed by atoms with E-state index in [4.69, 9.17) is 15.7 Å². The van der Waals surface area contributed by atoms with Gasteiger partial charge in [0.2, 0.25) is 0 Å². The normalized spacial score (nSPS) is 12.7. The fourth-order valence-corrected chi connectivity index (χ4v) is 10.6. The number of fused-ring (bicyclic) bond motifs is 1. The Bertz CT molecular complexity index is 1320. The van der Waals surface area contributed by atoms with Gasteiger partial charge in [-0.2, -0.15) is 0 Å². The van der Waals surface area contributed by atoms with Crippen LogP contribution in [0.15, 0.2) is 120 Å². The van der Waals surface area contributed by atoms with Gasteiger partial charge in [0, 0.05) is 0 Å². The third-order valence-corrected chi connectivity index (χ3v) is 13.3. The fraction of sp³-hybridized carbons (Fsp3) is 0.0357. The number of nitriles is 1. The second kappa shape index (κ2) is 7.95. The van der Waals surface area contributed by atoms with Crippen molar-refractivity contribution < 1.29 is 4.42 Å². The Hall–Kier alpha value is -3.37. The summed E-state index contributed by atoms with van der Waals surface area (Å²) in [5, 5.41) is 13.7. The number of nitrogens with zero attached hydrogens (tertiary/aromatic N) is 1. The van der Waals surface area contributed by atoms with E-state index < -0.39 is 5.96 Å². The number of hydrogen-bond acceptors (Lipinski definition) is 2. The average Bonchev–Trinajstić information content (AvgIpc) is 3.27. The van der Waals surface area contributed by atoms with Crippen molar-refractivity contribution in [3.63, 3.8) is 0 Å². The first-order valence-corrected chi connectivity index (χ1v) is 13.8. The minimum absolute atomic E-state index is 0.576. The van der Waals surface area contributed by atoms with Gasteiger partial charge in [0.15, 0.2) is 0 Å². The number of halogens is 1. The number of rotatable bonds is 5. The molecule has 156 valence electrons. The van der Waals surface area contributed by atoms with E-state index in [1.165, 1.54) is 0 Å². The zero-order valence-electron chi connectivity index (χ0n) is 17.4. The molecule has 0 spiro atoms. The molecule has 4 aromatic carbocycles. The first-order chi connectivity index (χ1) is 15.6. The van der Waals surface area contributed by atoms with E-state index in [-0.39, 0.29) is 0 Å². The standard InChI is InChI=1S/C28H21ClNOP/c29-32(24-10-4-1-5-11-24,25-12-6-2-7-13-25,26-14-8-3-9-15-26)21-23-20-31-28-17-16-22(19-30)18-27(23)28/h1-18,20H,21H2. The van der Waals surface area contributed by atoms with Crippen LogP contribution in [-0.2, 0) is 6.16 Å². The fourth-order valence-electron chi connectivity index (χ4n) is 4.53. The zero-order chi connectivity index (χ0) is 22.0. The van der Waals surface area contributed by atoms with Crippen LogP contribution < -0.4 is 15.9 Å². The summed E-state index contributed by atoms with van der Waals surface area (Å²) in [7, 11) is 0. The van der Waals surface area contributed by atoms with Gasteiger partial charge in [0.05, 0.1) is 0 Å². The summed E-state index contributed by atoms with van der Waals surface area (Å²) < 4.78 is 5.90. The van der Waals surface area contributed by atoms with E-state index in [9.17, 15) is 5.26 Å². The molecule has 2 nitrogen and oxygen atoms in total. The Morgan fingerprint density at radius 1 is 0.719 bits per heavy atom. The molecule has 32 heavy (non-hydrogen) atoms. The molecule has 0 aliphatic heterocycles. The molecule has 0 saturated heterocycles. The van der Waals surface area contributed by atoms with Crippen molar-refractivity contribution in [2.75, 3.05) is 0 Å². The molecular weight excluding hydrogens is 433 g/mol. The quantitative estimate of drug-likeness (QED) is 0.285. The van der Waals surface area contributed by atoms with E-state index in [1.807, 2.05) is 66.7 Å². The number of hydrogen-bond donors (Lipinski definition) is 0. The summed E-state index contributed by atoms with van der Waals surface area (Å²) >= 11 is 8.16. The molecule has 1 aromatic heterocycles. The topological polar surface area (TPSA) is 36.9 Å². The third-order valence-electron chi connectivity index (χ3n) is 6.13. The minimum atomic E-state index is -3.46. The molecule has 0 N–H and O–H groups in total. The molecule has 0 aliphatic carbocycles. The van der Waals surface area contributed by atoms with Crippen LogP contribution in [0.25, 0.3) is 11.0 Å². The van der Waals surface area contributed by atoms with Crippen molar-refractivity contribution in [1.29, 1.82) is 5.26 Å². The first kappa shape index (κ1) is 20.5. The molecule has 0 saturated carbocycles. The zero-order valence-corrected chi connectivity index (χ0v) is 19.0. The van der Waals surface area contributed by atoms with Gasteiger partial charge in [-0.3, -0.25) is 0 Å². The summed E-state index contributed by atoms with van der Waals surface area (Å²) in [6.45, 7) is 0. The van der Waals surface area contributed by atoms with Gasteiger partial charge < -0.3 is 0 Å². The van der Waals surface area contributed by atoms with Crippen LogP contribution in [0.3, 0.4) is 0 Å². The summed E-state index contributed by atoms with van der Waals surface area (Å²) in [5.74, 6) is -3.46. The van der Waals surface area contributed by atoms with E-state index >= 15 is 0 Å².